The maximum absolute atomic E-state index is 17.3. The van der Waals surface area contributed by atoms with Crippen molar-refractivity contribution < 1.29 is 18.3 Å². The topological polar surface area (TPSA) is 142 Å². The number of carbonyl (C=O) groups is 1. The number of likely N-dealkylation sites (tertiary alicyclic amines) is 1. The van der Waals surface area contributed by atoms with Crippen LogP contribution in [0.4, 0.5) is 24.4 Å². The number of fused-ring (bicyclic) bond motifs is 3. The van der Waals surface area contributed by atoms with E-state index in [4.69, 9.17) is 38.7 Å². The van der Waals surface area contributed by atoms with E-state index in [-0.39, 0.29) is 65.2 Å². The van der Waals surface area contributed by atoms with Gasteiger partial charge in [-0.15, -0.1) is 16.4 Å². The maximum atomic E-state index is 17.3. The standard InChI is InChI=1S/C37H34Cl2F2N10O2S/c1-19-14-37(8-3-10-49(37)16-19)18-53-34-45-29-22(13-24(38)27(28(29)41)21-5-6-25(40)30-26(21)23(15-42)31(43)54-30)32(46-34)48-12-9-36(17-48)7-4-11-50(36)35(52)51-20(2)44-33(39)47-51/h5-6,13H,1,3-4,7-12,14,16-18,43H2,2H3/t36-,37-/m0/s1. The largest absolute Gasteiger partial charge is 0.461 e. The van der Waals surface area contributed by atoms with Gasteiger partial charge in [0.05, 0.1) is 26.4 Å². The first kappa shape index (κ1) is 35.1. The zero-order valence-corrected chi connectivity index (χ0v) is 31.6. The molecule has 4 fully saturated rings. The number of nitrogens with two attached hydrogens (primary N) is 1. The summed E-state index contributed by atoms with van der Waals surface area (Å²) in [5, 5.41) is 14.8. The summed E-state index contributed by atoms with van der Waals surface area (Å²) in [5.74, 6) is -0.545. The van der Waals surface area contributed by atoms with E-state index in [0.29, 0.717) is 49.7 Å². The number of ether oxygens (including phenoxy) is 1. The van der Waals surface area contributed by atoms with Crippen molar-refractivity contribution in [1.29, 1.82) is 5.26 Å². The van der Waals surface area contributed by atoms with Gasteiger partial charge in [-0.3, -0.25) is 4.90 Å². The second-order valence-electron chi connectivity index (χ2n) is 14.8. The van der Waals surface area contributed by atoms with Crippen molar-refractivity contribution in [2.45, 2.75) is 56.5 Å². The van der Waals surface area contributed by atoms with Gasteiger partial charge in [-0.1, -0.05) is 29.8 Å². The highest BCUT2D eigenvalue weighted by Crippen LogP contribution is 2.47. The molecule has 12 nitrogen and oxygen atoms in total. The fraction of sp³-hybridized carbons (Fsp3) is 0.405. The predicted octanol–water partition coefficient (Wildman–Crippen LogP) is 7.34. The fourth-order valence-corrected chi connectivity index (χ4v) is 10.7. The van der Waals surface area contributed by atoms with Gasteiger partial charge in [0.25, 0.3) is 0 Å². The first-order valence-corrected chi connectivity index (χ1v) is 19.3. The quantitative estimate of drug-likeness (QED) is 0.180. The lowest BCUT2D eigenvalue weighted by Gasteiger charge is -2.35. The molecule has 7 heterocycles. The Bertz CT molecular complexity index is 2480. The summed E-state index contributed by atoms with van der Waals surface area (Å²) in [6, 6.07) is 5.96. The van der Waals surface area contributed by atoms with Crippen LogP contribution < -0.4 is 15.4 Å². The Morgan fingerprint density at radius 1 is 1.15 bits per heavy atom. The minimum absolute atomic E-state index is 0.00154. The fourth-order valence-electron chi connectivity index (χ4n) is 9.22. The van der Waals surface area contributed by atoms with E-state index in [1.165, 1.54) is 16.8 Å². The molecule has 2 aromatic carbocycles. The third-order valence-electron chi connectivity index (χ3n) is 11.6. The van der Waals surface area contributed by atoms with Crippen molar-refractivity contribution in [3.8, 4) is 23.2 Å². The lowest BCUT2D eigenvalue weighted by atomic mass is 9.94. The van der Waals surface area contributed by atoms with Crippen LogP contribution in [0.3, 0.4) is 0 Å². The Labute approximate surface area is 322 Å². The van der Waals surface area contributed by atoms with Crippen molar-refractivity contribution in [3.05, 3.63) is 63.7 Å². The molecule has 0 saturated carbocycles. The zero-order valence-electron chi connectivity index (χ0n) is 29.3. The van der Waals surface area contributed by atoms with Crippen LogP contribution in [0.25, 0.3) is 32.1 Å². The van der Waals surface area contributed by atoms with Gasteiger partial charge in [-0.2, -0.15) is 19.9 Å². The molecular weight excluding hydrogens is 757 g/mol. The third-order valence-corrected chi connectivity index (χ3v) is 13.1. The summed E-state index contributed by atoms with van der Waals surface area (Å²) in [6.07, 6.45) is 4.92. The number of rotatable bonds is 5. The molecule has 2 N–H and O–H groups in total. The van der Waals surface area contributed by atoms with Crippen molar-refractivity contribution in [2.75, 3.05) is 50.0 Å². The predicted molar refractivity (Wildman–Crippen MR) is 203 cm³/mol. The van der Waals surface area contributed by atoms with E-state index >= 15 is 8.78 Å². The zero-order chi connectivity index (χ0) is 37.7. The Hall–Kier alpha value is -4.62. The number of amides is 1. The number of aryl methyl sites for hydroxylation is 1. The van der Waals surface area contributed by atoms with E-state index in [2.05, 4.69) is 26.5 Å². The number of nitriles is 1. The van der Waals surface area contributed by atoms with Crippen LogP contribution in [0.2, 0.25) is 10.3 Å². The van der Waals surface area contributed by atoms with Crippen molar-refractivity contribution >= 4 is 72.4 Å². The lowest BCUT2D eigenvalue weighted by Crippen LogP contribution is -2.51. The van der Waals surface area contributed by atoms with Gasteiger partial charge in [-0.25, -0.2) is 18.6 Å². The van der Waals surface area contributed by atoms with Crippen molar-refractivity contribution in [2.24, 2.45) is 0 Å². The number of nitrogens with zero attached hydrogens (tertiary/aromatic N) is 9. The molecule has 0 unspecified atom stereocenters. The van der Waals surface area contributed by atoms with E-state index in [1.54, 1.807) is 13.0 Å². The number of hydrogen-bond acceptors (Lipinski definition) is 11. The van der Waals surface area contributed by atoms with Crippen LogP contribution in [-0.2, 0) is 0 Å². The van der Waals surface area contributed by atoms with Crippen molar-refractivity contribution in [3.63, 3.8) is 0 Å². The summed E-state index contributed by atoms with van der Waals surface area (Å²) in [6.45, 7) is 9.39. The number of benzene rings is 2. The molecule has 54 heavy (non-hydrogen) atoms. The molecule has 4 saturated heterocycles. The minimum atomic E-state index is -0.771. The summed E-state index contributed by atoms with van der Waals surface area (Å²) in [5.41, 5.74) is 6.65. The molecule has 5 aromatic rings. The van der Waals surface area contributed by atoms with E-state index in [1.807, 2.05) is 15.9 Å². The second kappa shape index (κ2) is 12.7. The Morgan fingerprint density at radius 2 is 1.96 bits per heavy atom. The Morgan fingerprint density at radius 3 is 2.74 bits per heavy atom. The molecule has 9 rings (SSSR count). The number of anilines is 2. The van der Waals surface area contributed by atoms with E-state index in [0.717, 1.165) is 62.1 Å². The molecular formula is C37H34Cl2F2N10O2S. The molecule has 4 aliphatic rings. The molecule has 0 aliphatic carbocycles. The smallest absolute Gasteiger partial charge is 0.347 e. The average Bonchev–Trinajstić information content (AvgIpc) is 3.99. The van der Waals surface area contributed by atoms with Gasteiger partial charge < -0.3 is 20.3 Å². The first-order chi connectivity index (χ1) is 25.9. The van der Waals surface area contributed by atoms with Gasteiger partial charge in [0, 0.05) is 42.5 Å². The Kier molecular flexibility index (Phi) is 8.27. The molecule has 278 valence electrons. The van der Waals surface area contributed by atoms with Crippen LogP contribution in [-0.4, -0.2) is 91.0 Å². The third kappa shape index (κ3) is 5.32. The average molecular weight is 792 g/mol. The van der Waals surface area contributed by atoms with Crippen LogP contribution in [0, 0.1) is 29.9 Å². The van der Waals surface area contributed by atoms with Crippen LogP contribution >= 0.6 is 34.5 Å². The normalized spacial score (nSPS) is 22.7. The number of nitrogen functional groups attached to an aromatic ring is 1. The lowest BCUT2D eigenvalue weighted by molar-refractivity contribution is 0.108. The molecule has 4 aliphatic heterocycles. The van der Waals surface area contributed by atoms with Crippen LogP contribution in [0.5, 0.6) is 6.01 Å². The Balaban J connectivity index is 1.16. The highest BCUT2D eigenvalue weighted by molar-refractivity contribution is 7.23. The summed E-state index contributed by atoms with van der Waals surface area (Å²) >= 11 is 13.9. The number of aromatic nitrogens is 5. The summed E-state index contributed by atoms with van der Waals surface area (Å²) in [7, 11) is 0. The first-order valence-electron chi connectivity index (χ1n) is 17.7. The highest BCUT2D eigenvalue weighted by atomic mass is 35.5. The van der Waals surface area contributed by atoms with Crippen LogP contribution in [0.15, 0.2) is 30.4 Å². The van der Waals surface area contributed by atoms with Crippen LogP contribution in [0.1, 0.15) is 49.9 Å². The second-order valence-corrected chi connectivity index (χ2v) is 16.6. The minimum Gasteiger partial charge on any atom is -0.461 e. The molecule has 17 heteroatoms. The van der Waals surface area contributed by atoms with E-state index < -0.39 is 17.2 Å². The highest BCUT2D eigenvalue weighted by Gasteiger charge is 2.50. The SMILES string of the molecule is C=C1CN2CCC[C@@]2(COc2nc(N3CC[C@@]4(CCCN4C(=O)n4nc(Cl)nc4C)C3)c3cc(Cl)c(-c4ccc(F)c5sc(N)c(C#N)c45)c(F)c3n2)C1. The number of thiophene rings is 1. The molecule has 1 spiro atoms. The maximum Gasteiger partial charge on any atom is 0.347 e. The number of carbonyl (C=O) groups excluding carboxylic acids is 1. The monoisotopic (exact) mass is 790 g/mol. The van der Waals surface area contributed by atoms with Gasteiger partial charge in [-0.05, 0) is 81.3 Å². The molecule has 1 amide bonds. The molecule has 2 atom stereocenters. The van der Waals surface area contributed by atoms with Gasteiger partial charge in [0.2, 0.25) is 5.28 Å². The van der Waals surface area contributed by atoms with Gasteiger partial charge in [0.15, 0.2) is 5.82 Å². The molecule has 0 radical (unpaired) electrons. The number of hydrogen-bond donors (Lipinski definition) is 1. The van der Waals surface area contributed by atoms with Crippen molar-refractivity contribution in [1.82, 2.24) is 34.5 Å². The van der Waals surface area contributed by atoms with Gasteiger partial charge in [0.1, 0.15) is 40.7 Å². The van der Waals surface area contributed by atoms with Gasteiger partial charge >= 0.3 is 12.0 Å². The summed E-state index contributed by atoms with van der Waals surface area (Å²) in [4.78, 5) is 33.8. The molecule has 3 aromatic heterocycles. The number of halogens is 4. The summed E-state index contributed by atoms with van der Waals surface area (Å²) < 4.78 is 40.1. The van der Waals surface area contributed by atoms with E-state index in [9.17, 15) is 10.1 Å². The molecule has 0 bridgehead atoms.